The normalized spacial score (nSPS) is 10.4. The van der Waals surface area contributed by atoms with Crippen LogP contribution in [0.2, 0.25) is 0 Å². The molecule has 0 saturated carbocycles. The Balaban J connectivity index is 2.21. The zero-order chi connectivity index (χ0) is 13.7. The third-order valence-corrected chi connectivity index (χ3v) is 3.11. The van der Waals surface area contributed by atoms with Gasteiger partial charge in [-0.05, 0) is 41.8 Å². The maximum atomic E-state index is 9.13. The highest BCUT2D eigenvalue weighted by atomic mass is 16.2. The highest BCUT2D eigenvalue weighted by Crippen LogP contribution is 2.25. The number of hydrogen-bond acceptors (Lipinski definition) is 4. The van der Waals surface area contributed by atoms with Gasteiger partial charge in [-0.25, -0.2) is 0 Å². The maximum absolute atomic E-state index is 9.13. The Morgan fingerprint density at radius 1 is 0.895 bits per heavy atom. The van der Waals surface area contributed by atoms with E-state index >= 15 is 0 Å². The Hall–Kier alpha value is -2.20. The van der Waals surface area contributed by atoms with Gasteiger partial charge in [0, 0.05) is 30.2 Å². The summed E-state index contributed by atoms with van der Waals surface area (Å²) in [7, 11) is 0. The second-order valence-electron chi connectivity index (χ2n) is 4.39. The summed E-state index contributed by atoms with van der Waals surface area (Å²) in [6.07, 6.45) is 0.517. The first kappa shape index (κ1) is 13.2. The number of aliphatic hydroxyl groups is 1. The average Bonchev–Trinajstić information content (AvgIpc) is 2.43. The van der Waals surface area contributed by atoms with Crippen LogP contribution in [0, 0.1) is 0 Å². The highest BCUT2D eigenvalue weighted by Gasteiger charge is 2.09. The number of rotatable bonds is 5. The molecule has 0 fully saturated rings. The van der Waals surface area contributed by atoms with Gasteiger partial charge in [-0.2, -0.15) is 0 Å². The van der Waals surface area contributed by atoms with Gasteiger partial charge in [0.15, 0.2) is 0 Å². The third-order valence-electron chi connectivity index (χ3n) is 3.11. The number of para-hydroxylation sites is 1. The van der Waals surface area contributed by atoms with Crippen molar-refractivity contribution >= 4 is 17.1 Å². The van der Waals surface area contributed by atoms with Gasteiger partial charge >= 0.3 is 0 Å². The molecule has 0 atom stereocenters. The molecule has 2 aromatic rings. The SMILES string of the molecule is Nc1ccc(N)c(CNc2ccccc2)c1CCO. The molecule has 0 spiro atoms. The summed E-state index contributed by atoms with van der Waals surface area (Å²) in [6, 6.07) is 13.5. The molecule has 6 N–H and O–H groups in total. The van der Waals surface area contributed by atoms with Gasteiger partial charge < -0.3 is 21.9 Å². The van der Waals surface area contributed by atoms with Crippen molar-refractivity contribution in [2.24, 2.45) is 0 Å². The molecule has 0 aliphatic rings. The van der Waals surface area contributed by atoms with Crippen LogP contribution in [0.3, 0.4) is 0 Å². The van der Waals surface area contributed by atoms with Crippen LogP contribution in [0.1, 0.15) is 11.1 Å². The number of anilines is 3. The fraction of sp³-hybridized carbons (Fsp3) is 0.200. The second kappa shape index (κ2) is 6.11. The Kier molecular flexibility index (Phi) is 4.26. The first-order chi connectivity index (χ1) is 9.22. The van der Waals surface area contributed by atoms with Crippen LogP contribution in [0.4, 0.5) is 17.1 Å². The van der Waals surface area contributed by atoms with Crippen molar-refractivity contribution in [3.63, 3.8) is 0 Å². The molecule has 4 heteroatoms. The van der Waals surface area contributed by atoms with Gasteiger partial charge in [0.2, 0.25) is 0 Å². The average molecular weight is 257 g/mol. The Labute approximate surface area is 113 Å². The molecule has 0 heterocycles. The molecule has 0 aliphatic heterocycles. The summed E-state index contributed by atoms with van der Waals surface area (Å²) in [4.78, 5) is 0. The highest BCUT2D eigenvalue weighted by molar-refractivity contribution is 5.63. The van der Waals surface area contributed by atoms with Gasteiger partial charge in [-0.15, -0.1) is 0 Å². The Morgan fingerprint density at radius 3 is 2.16 bits per heavy atom. The van der Waals surface area contributed by atoms with Crippen LogP contribution < -0.4 is 16.8 Å². The summed E-state index contributed by atoms with van der Waals surface area (Å²) in [6.45, 7) is 0.655. The van der Waals surface area contributed by atoms with E-state index in [-0.39, 0.29) is 6.61 Å². The second-order valence-corrected chi connectivity index (χ2v) is 4.39. The van der Waals surface area contributed by atoms with Crippen molar-refractivity contribution in [1.82, 2.24) is 0 Å². The largest absolute Gasteiger partial charge is 0.398 e. The van der Waals surface area contributed by atoms with Crippen LogP contribution in [0.25, 0.3) is 0 Å². The smallest absolute Gasteiger partial charge is 0.0472 e. The lowest BCUT2D eigenvalue weighted by atomic mass is 10.0. The molecule has 0 aromatic heterocycles. The molecule has 100 valence electrons. The van der Waals surface area contributed by atoms with Crippen LogP contribution >= 0.6 is 0 Å². The zero-order valence-electron chi connectivity index (χ0n) is 10.8. The van der Waals surface area contributed by atoms with Crippen molar-refractivity contribution in [3.8, 4) is 0 Å². The molecule has 0 radical (unpaired) electrons. The van der Waals surface area contributed by atoms with E-state index in [0.29, 0.717) is 24.3 Å². The maximum Gasteiger partial charge on any atom is 0.0472 e. The lowest BCUT2D eigenvalue weighted by Gasteiger charge is -2.15. The minimum absolute atomic E-state index is 0.0615. The lowest BCUT2D eigenvalue weighted by molar-refractivity contribution is 0.299. The molecular formula is C15H19N3O. The van der Waals surface area contributed by atoms with E-state index in [9.17, 15) is 0 Å². The van der Waals surface area contributed by atoms with Crippen molar-refractivity contribution < 1.29 is 5.11 Å². The molecule has 0 aliphatic carbocycles. The van der Waals surface area contributed by atoms with E-state index in [1.54, 1.807) is 12.1 Å². The van der Waals surface area contributed by atoms with Gasteiger partial charge in [0.25, 0.3) is 0 Å². The van der Waals surface area contributed by atoms with Crippen LogP contribution in [-0.4, -0.2) is 11.7 Å². The van der Waals surface area contributed by atoms with Gasteiger partial charge in [0.1, 0.15) is 0 Å². The van der Waals surface area contributed by atoms with E-state index in [2.05, 4.69) is 5.32 Å². The van der Waals surface area contributed by atoms with Crippen LogP contribution in [0.15, 0.2) is 42.5 Å². The van der Waals surface area contributed by atoms with Gasteiger partial charge in [-0.1, -0.05) is 18.2 Å². The van der Waals surface area contributed by atoms with E-state index in [0.717, 1.165) is 16.8 Å². The zero-order valence-corrected chi connectivity index (χ0v) is 10.8. The van der Waals surface area contributed by atoms with Crippen molar-refractivity contribution in [2.75, 3.05) is 23.4 Å². The topological polar surface area (TPSA) is 84.3 Å². The number of benzene rings is 2. The summed E-state index contributed by atoms with van der Waals surface area (Å²) >= 11 is 0. The van der Waals surface area contributed by atoms with Gasteiger partial charge in [0.05, 0.1) is 0 Å². The number of hydrogen-bond donors (Lipinski definition) is 4. The van der Waals surface area contributed by atoms with Crippen LogP contribution in [-0.2, 0) is 13.0 Å². The molecule has 4 nitrogen and oxygen atoms in total. The first-order valence-electron chi connectivity index (χ1n) is 6.28. The number of nitrogens with one attached hydrogen (secondary N) is 1. The summed E-state index contributed by atoms with van der Waals surface area (Å²) in [5.41, 5.74) is 16.2. The Bertz CT molecular complexity index is 541. The van der Waals surface area contributed by atoms with Gasteiger partial charge in [-0.3, -0.25) is 0 Å². The summed E-state index contributed by atoms with van der Waals surface area (Å²) < 4.78 is 0. The molecule has 0 bridgehead atoms. The predicted molar refractivity (Wildman–Crippen MR) is 79.8 cm³/mol. The fourth-order valence-corrected chi connectivity index (χ4v) is 2.09. The van der Waals surface area contributed by atoms with Crippen molar-refractivity contribution in [3.05, 3.63) is 53.6 Å². The predicted octanol–water partition coefficient (Wildman–Crippen LogP) is 2.00. The minimum Gasteiger partial charge on any atom is -0.398 e. The fourth-order valence-electron chi connectivity index (χ4n) is 2.09. The number of nitrogen functional groups attached to an aromatic ring is 2. The van der Waals surface area contributed by atoms with E-state index < -0.39 is 0 Å². The van der Waals surface area contributed by atoms with Crippen molar-refractivity contribution in [2.45, 2.75) is 13.0 Å². The van der Waals surface area contributed by atoms with Crippen molar-refractivity contribution in [1.29, 1.82) is 0 Å². The first-order valence-corrected chi connectivity index (χ1v) is 6.28. The number of nitrogens with two attached hydrogens (primary N) is 2. The van der Waals surface area contributed by atoms with Crippen LogP contribution in [0.5, 0.6) is 0 Å². The molecular weight excluding hydrogens is 238 g/mol. The minimum atomic E-state index is 0.0615. The standard InChI is InChI=1S/C15H19N3O/c16-14-6-7-15(17)13(12(14)8-9-19)10-18-11-4-2-1-3-5-11/h1-7,18-19H,8-10,16-17H2. The van der Waals surface area contributed by atoms with E-state index in [1.807, 2.05) is 30.3 Å². The molecule has 2 rings (SSSR count). The molecule has 0 amide bonds. The third kappa shape index (κ3) is 3.17. The summed E-state index contributed by atoms with van der Waals surface area (Å²) in [5, 5.41) is 12.4. The monoisotopic (exact) mass is 257 g/mol. The number of aliphatic hydroxyl groups excluding tert-OH is 1. The molecule has 2 aromatic carbocycles. The molecule has 0 saturated heterocycles. The van der Waals surface area contributed by atoms with E-state index in [1.165, 1.54) is 0 Å². The summed E-state index contributed by atoms with van der Waals surface area (Å²) in [5.74, 6) is 0. The quantitative estimate of drug-likeness (QED) is 0.617. The molecule has 19 heavy (non-hydrogen) atoms. The lowest BCUT2D eigenvalue weighted by Crippen LogP contribution is -2.10. The Morgan fingerprint density at radius 2 is 1.53 bits per heavy atom. The van der Waals surface area contributed by atoms with E-state index in [4.69, 9.17) is 16.6 Å². The molecule has 0 unspecified atom stereocenters.